The van der Waals surface area contributed by atoms with Crippen LogP contribution in [0.25, 0.3) is 127 Å². The van der Waals surface area contributed by atoms with Crippen LogP contribution in [0.1, 0.15) is 73.3 Å². The van der Waals surface area contributed by atoms with Gasteiger partial charge in [-0.2, -0.15) is 29.4 Å². The van der Waals surface area contributed by atoms with Crippen molar-refractivity contribution < 1.29 is 126 Å². The molecule has 0 aliphatic carbocycles. The van der Waals surface area contributed by atoms with Crippen molar-refractivity contribution in [2.24, 2.45) is 5.73 Å². The number of rotatable bonds is 13. The number of primary amides is 1. The summed E-state index contributed by atoms with van der Waals surface area (Å²) in [5.41, 5.74) is 42.1. The van der Waals surface area contributed by atoms with Crippen molar-refractivity contribution in [1.82, 2.24) is 127 Å². The number of nitro benzene ring substituents is 4. The van der Waals surface area contributed by atoms with Crippen molar-refractivity contribution in [3.63, 3.8) is 0 Å². The van der Waals surface area contributed by atoms with Crippen LogP contribution in [0.3, 0.4) is 0 Å². The van der Waals surface area contributed by atoms with Crippen LogP contribution in [0.15, 0.2) is 189 Å². The fraction of sp³-hybridized carbons (Fsp3) is 0. The zero-order chi connectivity index (χ0) is 109. The number of amides is 2. The SMILES string of the molecule is N.N#Cc1cc2[nH]cnc2cc1N.N#Cc1cc2nc[nH]c2cc1[N+](=O)[O-].NC(=O)c1cc2nc[nH]c2cc1[N+](=O)[O-].Nc1cc2nc[nH]c2cc1-c1nn[nH]n1.O=C(Cl)c1cc2nc[nH]c2cc1[N+](=O)[O-].O=C(Cl)c1cccs1.O=C(Nc1cc2nc[nH]c2cc1-c1nn[nH]n1)c1cccs1.O=C(O)c1cc2nc[nH]c2cc1[N+](=O)[O-].O=C(O)c1ccc2nc[nH]c2c1.O=S(=O)(O)O.O=S(Cl)Cl.O=[N+]([O-])O.O=[P+](Cl)Cl.[HH].[N-]=[N+]=[N-].[Na+]. The number of anilines is 3. The van der Waals surface area contributed by atoms with Crippen LogP contribution in [0.2, 0.25) is 0 Å². The molecule has 0 aliphatic heterocycles. The molecule has 770 valence electrons. The van der Waals surface area contributed by atoms with Gasteiger partial charge >= 0.3 is 58.4 Å². The van der Waals surface area contributed by atoms with Crippen LogP contribution >= 0.6 is 96.2 Å². The van der Waals surface area contributed by atoms with Crippen molar-refractivity contribution in [1.29, 1.82) is 10.5 Å². The molecule has 0 saturated carbocycles. The number of carboxylic acids is 2. The number of nitriles is 2. The van der Waals surface area contributed by atoms with Gasteiger partial charge in [0.05, 0.1) is 191 Å². The molecule has 76 heteroatoms. The molecule has 25 N–H and O–H groups in total. The molecule has 0 saturated heterocycles. The number of H-pyrrole nitrogens is 10. The third-order valence-electron chi connectivity index (χ3n) is 17.2. The van der Waals surface area contributed by atoms with Crippen molar-refractivity contribution in [3.8, 4) is 34.9 Å². The van der Waals surface area contributed by atoms with E-state index in [1.54, 1.807) is 79.6 Å². The third-order valence-corrected chi connectivity index (χ3v) is 19.4. The quantitative estimate of drug-likeness (QED) is 0.00487. The predicted molar refractivity (Wildman–Crippen MR) is 539 cm³/mol. The Morgan fingerprint density at radius 2 is 0.820 bits per heavy atom. The standard InChI is InChI=1S/C13H9N7OS.C8H4ClN3O3.C8H7N7.C8H6N4O3.C8H4N4O2.C8H6N4.C8H5N3O4.C8H6N2O2.C5H3ClOS.Cl2OP.Cl2OS.N3.HNO3.H3N.Na.H2O4S.H2/c21-13(11-2-1-3-22-11)16-8-5-10-9(14-6-15-10)4-7(8)12-17-19-20-18-12;9-8(13)4-1-5-6(11-3-10-5)2-7(4)12(14)15;9-5-2-7-6(10-3-11-7)1-4(5)8-12-14-15-13-8;9-8(13)4-1-5-6(11-3-10-5)2-7(4)12(14)15;9-3-5-1-6-7(11-4-10-6)2-8(5)12(13)14;9-3-5-1-7-8(2-6(5)10)12-4-11-7;12-8(13)4-1-5-6(10-3-9-5)2-7(4)11(14)15;11-8(12)5-1-2-6-7(3-5)10-4-9-6;6-5(7)4-2-1-3-8-4;2*1-4(2)3;1-3-2;2-1(3)4;;;1-5(2,3)4;/h1-6H,(H,14,15)(H,16,21)(H,17,18,19,20);1-3H,(H,10,11);1-3H,9H2,(H,10,11)(H,12,13,14,15);1-3H,(H2,9,13)(H,10,11);1-2,4H,(H,10,11);1-2,4H,10H2,(H,11,12);1-3H,(H,9,10)(H,12,13);1-4H,(H,9,10)(H,11,12);1-3H;;;;(H,2,3,4);1H3;;(H2,1,2,3,4);1H/q;;;;;;;;;+1;;-1;;;+1;;. The molecular formula is C74H58Cl6N39NaO25PS4+. The smallest absolute Gasteiger partial charge is 0.478 e. The number of nitro groups is 4. The van der Waals surface area contributed by atoms with Crippen LogP contribution in [0.4, 0.5) is 39.8 Å². The molecule has 2 amide bonds. The normalized spacial score (nSPS) is 9.86. The van der Waals surface area contributed by atoms with E-state index in [2.05, 4.69) is 170 Å². The zero-order valence-corrected chi connectivity index (χ0v) is 84.5. The van der Waals surface area contributed by atoms with Gasteiger partial charge in [0.25, 0.3) is 50.1 Å². The van der Waals surface area contributed by atoms with E-state index < -0.39 is 79.7 Å². The number of hydrogen-bond donors (Lipinski definition) is 20. The number of nitrogens with zero attached hydrogens (tertiary/aromatic N) is 24. The molecule has 0 fully saturated rings. The molecular weight excluding hydrogens is 2230 g/mol. The number of thiophene rings is 2. The van der Waals surface area contributed by atoms with Crippen molar-refractivity contribution in [2.75, 3.05) is 16.8 Å². The number of carbonyl (C=O) groups excluding carboxylic acids is 4. The maximum Gasteiger partial charge on any atom is 1.00 e. The summed E-state index contributed by atoms with van der Waals surface area (Å²) in [6, 6.07) is 36.3. The number of imidazole rings is 8. The number of nitrogen functional groups attached to an aromatic ring is 2. The Labute approximate surface area is 891 Å². The number of tetrazole rings is 2. The average molecular weight is 2290 g/mol. The molecule has 20 rings (SSSR count). The first-order valence-electron chi connectivity index (χ1n) is 37.8. The Morgan fingerprint density at radius 3 is 1.17 bits per heavy atom. The molecule has 150 heavy (non-hydrogen) atoms. The van der Waals surface area contributed by atoms with Crippen molar-refractivity contribution in [3.05, 3.63) is 298 Å². The average Bonchev–Trinajstić information content (AvgIpc) is 1.68. The van der Waals surface area contributed by atoms with Gasteiger partial charge in [-0.1, -0.05) is 12.1 Å². The van der Waals surface area contributed by atoms with Gasteiger partial charge in [-0.25, -0.2) is 53.7 Å². The Hall–Kier alpha value is -18.2. The Balaban J connectivity index is 0.000000347. The second-order valence-corrected chi connectivity index (χ2v) is 34.9. The molecule has 0 unspecified atom stereocenters. The Bertz CT molecular complexity index is 8050. The number of hydrogen-bond acceptors (Lipinski definition) is 41. The fourth-order valence-electron chi connectivity index (χ4n) is 11.3. The van der Waals surface area contributed by atoms with E-state index in [0.29, 0.717) is 93.7 Å². The molecule has 0 bridgehead atoms. The van der Waals surface area contributed by atoms with E-state index in [-0.39, 0.29) is 93.2 Å². The predicted octanol–water partition coefficient (Wildman–Crippen LogP) is 12.2. The molecule has 20 aromatic rings. The van der Waals surface area contributed by atoms with Crippen LogP contribution in [0.5, 0.6) is 0 Å². The number of carbonyl (C=O) groups is 6. The molecule has 12 heterocycles. The Kier molecular flexibility index (Phi) is 48.3. The van der Waals surface area contributed by atoms with E-state index in [0.717, 1.165) is 55.8 Å². The number of halogens is 6. The molecule has 12 aromatic heterocycles. The minimum absolute atomic E-state index is 0. The van der Waals surface area contributed by atoms with E-state index in [1.807, 2.05) is 35.0 Å². The Morgan fingerprint density at radius 1 is 0.493 bits per heavy atom. The van der Waals surface area contributed by atoms with Gasteiger partial charge in [0, 0.05) is 63.9 Å². The molecule has 8 aromatic carbocycles. The summed E-state index contributed by atoms with van der Waals surface area (Å²) in [7, 11) is 2.69. The summed E-state index contributed by atoms with van der Waals surface area (Å²) in [5, 5.41) is 124. The maximum atomic E-state index is 12.3. The largest absolute Gasteiger partial charge is 1.00 e. The number of aromatic carboxylic acids is 2. The second-order valence-electron chi connectivity index (χ2n) is 26.1. The fourth-order valence-corrected chi connectivity index (χ4v) is 12.8. The van der Waals surface area contributed by atoms with E-state index in [4.69, 9.17) is 114 Å². The molecule has 64 nitrogen and oxygen atoms in total. The number of carboxylic acid groups (broad SMARTS) is 2. The zero-order valence-electron chi connectivity index (χ0n) is 73.8. The minimum atomic E-state index is -4.67. The number of nitrogens with one attached hydrogen (secondary N) is 11. The van der Waals surface area contributed by atoms with E-state index >= 15 is 0 Å². The molecule has 0 spiro atoms. The monoisotopic (exact) mass is 2280 g/mol. The number of fused-ring (bicyclic) bond motifs is 8. The van der Waals surface area contributed by atoms with Gasteiger partial charge in [-0.3, -0.25) is 73.7 Å². The van der Waals surface area contributed by atoms with Gasteiger partial charge in [0.15, 0.2) is 0 Å². The van der Waals surface area contributed by atoms with Crippen molar-refractivity contribution in [2.45, 2.75) is 0 Å². The summed E-state index contributed by atoms with van der Waals surface area (Å²) in [5.74, 6) is -2.42. The van der Waals surface area contributed by atoms with Gasteiger partial charge in [0.2, 0.25) is 43.4 Å². The minimum Gasteiger partial charge on any atom is -0.478 e. The van der Waals surface area contributed by atoms with Gasteiger partial charge < -0.3 is 95.0 Å². The van der Waals surface area contributed by atoms with Crippen LogP contribution in [-0.4, -0.2) is 217 Å². The second kappa shape index (κ2) is 59.3. The summed E-state index contributed by atoms with van der Waals surface area (Å²) in [6.07, 6.45) is 11.9. The maximum absolute atomic E-state index is 12.3. The first kappa shape index (κ1) is 122. The molecule has 0 aliphatic rings. The van der Waals surface area contributed by atoms with Gasteiger partial charge in [-0.15, -0.1) is 53.2 Å². The summed E-state index contributed by atoms with van der Waals surface area (Å²) >= 11 is 22.2. The van der Waals surface area contributed by atoms with Crippen molar-refractivity contribution >= 4 is 278 Å². The third kappa shape index (κ3) is 37.8. The number of aromatic nitrogens is 24. The summed E-state index contributed by atoms with van der Waals surface area (Å²) < 4.78 is 49.8. The first-order chi connectivity index (χ1) is 70.1. The molecule has 0 radical (unpaired) electrons. The summed E-state index contributed by atoms with van der Waals surface area (Å²) in [4.78, 5) is 171. The first-order valence-corrected chi connectivity index (χ1v) is 47.6. The number of aromatic amines is 10. The topological polar surface area (TPSA) is 1060 Å². The van der Waals surface area contributed by atoms with Crippen LogP contribution in [0, 0.1) is 73.2 Å². The van der Waals surface area contributed by atoms with Gasteiger partial charge in [-0.05, 0) is 140 Å². The van der Waals surface area contributed by atoms with E-state index in [9.17, 15) is 69.2 Å². The van der Waals surface area contributed by atoms with Crippen LogP contribution in [-0.2, 0) is 24.2 Å². The van der Waals surface area contributed by atoms with E-state index in [1.165, 1.54) is 108 Å². The van der Waals surface area contributed by atoms with Gasteiger partial charge in [0.1, 0.15) is 34.4 Å². The number of nitrogens with two attached hydrogens (primary N) is 3. The molecule has 0 atom stereocenters. The summed E-state index contributed by atoms with van der Waals surface area (Å²) in [6.45, 7) is -1.93. The van der Waals surface area contributed by atoms with Crippen LogP contribution < -0.4 is 58.2 Å². The number of benzene rings is 8.